The predicted octanol–water partition coefficient (Wildman–Crippen LogP) is 9.22. The number of hydrogen-bond acceptors (Lipinski definition) is 6. The van der Waals surface area contributed by atoms with E-state index in [1.54, 1.807) is 6.07 Å². The van der Waals surface area contributed by atoms with E-state index >= 15 is 0 Å². The molecule has 0 radical (unpaired) electrons. The lowest BCUT2D eigenvalue weighted by molar-refractivity contribution is -0.135. The standard InChI is InChI=1S/C45H47NO5/c1-4-6-15-37-35-19-18-34-33-20-21-45(41(34)40(35)43(48)50-37)38(24-27(5-2)22-28-11-8-7-9-12-28)51-44(49)42(45)39(33)36-25-31(47)16-17-32(36)30-14-10-13-29(23-30)26-46-3/h7-17,23-25,27,33-34,41,46-47H,4-6,18-22,26H2,1-3H3. The number of phenolic OH excluding ortho intramolecular Hbond substituents is 1. The van der Waals surface area contributed by atoms with Gasteiger partial charge in [0, 0.05) is 23.6 Å². The summed E-state index contributed by atoms with van der Waals surface area (Å²) in [7, 11) is 1.94. The van der Waals surface area contributed by atoms with Gasteiger partial charge in [0.25, 0.3) is 0 Å². The van der Waals surface area contributed by atoms with Crippen LogP contribution in [0.3, 0.4) is 0 Å². The van der Waals surface area contributed by atoms with Crippen LogP contribution in [0.2, 0.25) is 0 Å². The van der Waals surface area contributed by atoms with E-state index in [9.17, 15) is 14.7 Å². The summed E-state index contributed by atoms with van der Waals surface area (Å²) in [5, 5.41) is 14.3. The van der Waals surface area contributed by atoms with E-state index in [1.165, 1.54) is 5.56 Å². The first-order valence-electron chi connectivity index (χ1n) is 18.8. The quantitative estimate of drug-likeness (QED) is 0.208. The fourth-order valence-electron chi connectivity index (χ4n) is 10.0. The molecule has 2 heterocycles. The van der Waals surface area contributed by atoms with Crippen LogP contribution in [-0.2, 0) is 32.0 Å². The smallest absolute Gasteiger partial charge is 0.340 e. The number of benzene rings is 3. The van der Waals surface area contributed by atoms with Crippen LogP contribution in [-0.4, -0.2) is 24.1 Å². The Morgan fingerprint density at radius 2 is 1.75 bits per heavy atom. The van der Waals surface area contributed by atoms with Gasteiger partial charge in [0.2, 0.25) is 0 Å². The Hall–Kier alpha value is -4.68. The zero-order chi connectivity index (χ0) is 35.3. The van der Waals surface area contributed by atoms with E-state index in [0.717, 1.165) is 96.9 Å². The number of aromatic hydroxyl groups is 1. The maximum Gasteiger partial charge on any atom is 0.340 e. The van der Waals surface area contributed by atoms with Crippen LogP contribution < -0.4 is 5.32 Å². The number of rotatable bonds is 10. The van der Waals surface area contributed by atoms with E-state index in [0.29, 0.717) is 17.1 Å². The van der Waals surface area contributed by atoms with Gasteiger partial charge in [-0.05, 0) is 133 Å². The number of nitrogens with one attached hydrogen (secondary N) is 1. The molecule has 4 aliphatic carbocycles. The van der Waals surface area contributed by atoms with Crippen molar-refractivity contribution < 1.29 is 24.2 Å². The van der Waals surface area contributed by atoms with Crippen LogP contribution in [0.25, 0.3) is 16.7 Å². The second kappa shape index (κ2) is 13.5. The van der Waals surface area contributed by atoms with Crippen molar-refractivity contribution in [2.45, 2.75) is 71.8 Å². The number of unbranched alkanes of at least 4 members (excludes halogenated alkanes) is 1. The summed E-state index contributed by atoms with van der Waals surface area (Å²) in [5.74, 6) is 1.05. The number of esters is 2. The number of allylic oxidation sites excluding steroid dienone is 5. The van der Waals surface area contributed by atoms with Crippen molar-refractivity contribution in [3.63, 3.8) is 0 Å². The zero-order valence-electron chi connectivity index (χ0n) is 29.8. The molecule has 6 nitrogen and oxygen atoms in total. The summed E-state index contributed by atoms with van der Waals surface area (Å²) in [5.41, 5.74) is 7.92. The molecule has 6 heteroatoms. The Bertz CT molecular complexity index is 2020. The van der Waals surface area contributed by atoms with Gasteiger partial charge >= 0.3 is 11.9 Å². The van der Waals surface area contributed by atoms with Crippen molar-refractivity contribution in [2.24, 2.45) is 29.1 Å². The molecule has 0 amide bonds. The summed E-state index contributed by atoms with van der Waals surface area (Å²) in [6, 6.07) is 24.5. The Morgan fingerprint density at radius 3 is 2.53 bits per heavy atom. The van der Waals surface area contributed by atoms with Crippen molar-refractivity contribution in [1.82, 2.24) is 5.32 Å². The Balaban J connectivity index is 1.36. The summed E-state index contributed by atoms with van der Waals surface area (Å²) in [6.45, 7) is 5.04. The van der Waals surface area contributed by atoms with Gasteiger partial charge in [-0.25, -0.2) is 9.59 Å². The number of phenols is 1. The fraction of sp³-hybridized carbons (Fsp3) is 0.378. The highest BCUT2D eigenvalue weighted by Crippen LogP contribution is 2.72. The number of fused-ring (bicyclic) bond motifs is 1. The molecule has 0 aromatic heterocycles. The molecule has 262 valence electrons. The molecular formula is C45H47NO5. The number of carbonyl (C=O) groups is 2. The SMILES string of the molecule is CCCC=C1OC(=O)C2=C1CCC1C3CCC4(C(=CC(CC)Cc5ccccc5)OC(=O)C4=C3c3cc(O)ccc3-c3cccc(CNC)c3)C21. The maximum atomic E-state index is 14.6. The van der Waals surface area contributed by atoms with E-state index in [1.807, 2.05) is 25.2 Å². The average molecular weight is 682 g/mol. The highest BCUT2D eigenvalue weighted by Gasteiger charge is 2.68. The molecule has 2 N–H and O–H groups in total. The number of carbonyl (C=O) groups excluding carboxylic acids is 2. The molecule has 3 aromatic rings. The zero-order valence-corrected chi connectivity index (χ0v) is 29.8. The third kappa shape index (κ3) is 5.50. The van der Waals surface area contributed by atoms with Gasteiger partial charge in [0.15, 0.2) is 0 Å². The van der Waals surface area contributed by atoms with Crippen molar-refractivity contribution in [1.29, 1.82) is 0 Å². The van der Waals surface area contributed by atoms with E-state index in [-0.39, 0.29) is 41.4 Å². The van der Waals surface area contributed by atoms with Crippen LogP contribution in [0.15, 0.2) is 113 Å². The minimum Gasteiger partial charge on any atom is -0.508 e. The molecule has 5 unspecified atom stereocenters. The maximum absolute atomic E-state index is 14.6. The van der Waals surface area contributed by atoms with Crippen LogP contribution in [0.5, 0.6) is 5.75 Å². The molecule has 3 aromatic carbocycles. The first kappa shape index (κ1) is 33.5. The number of hydrogen-bond donors (Lipinski definition) is 2. The van der Waals surface area contributed by atoms with Gasteiger partial charge in [-0.2, -0.15) is 0 Å². The Morgan fingerprint density at radius 1 is 0.922 bits per heavy atom. The van der Waals surface area contributed by atoms with E-state index in [4.69, 9.17) is 9.47 Å². The first-order valence-corrected chi connectivity index (χ1v) is 18.8. The minimum atomic E-state index is -0.799. The van der Waals surface area contributed by atoms with Crippen molar-refractivity contribution in [3.05, 3.63) is 130 Å². The molecule has 1 saturated heterocycles. The minimum absolute atomic E-state index is 0.0247. The summed E-state index contributed by atoms with van der Waals surface area (Å²) < 4.78 is 12.5. The third-order valence-electron chi connectivity index (χ3n) is 12.1. The van der Waals surface area contributed by atoms with Crippen LogP contribution in [0.4, 0.5) is 0 Å². The topological polar surface area (TPSA) is 84.9 Å². The second-order valence-corrected chi connectivity index (χ2v) is 15.0. The van der Waals surface area contributed by atoms with Crippen molar-refractivity contribution in [2.75, 3.05) is 7.05 Å². The average Bonchev–Trinajstić information content (AvgIpc) is 3.63. The van der Waals surface area contributed by atoms with Gasteiger partial charge in [-0.15, -0.1) is 0 Å². The monoisotopic (exact) mass is 681 g/mol. The number of cyclic esters (lactones) is 2. The Kier molecular flexibility index (Phi) is 8.83. The molecule has 2 fully saturated rings. The predicted molar refractivity (Wildman–Crippen MR) is 199 cm³/mol. The van der Waals surface area contributed by atoms with Crippen LogP contribution in [0, 0.1) is 29.1 Å². The van der Waals surface area contributed by atoms with Crippen molar-refractivity contribution in [3.8, 4) is 16.9 Å². The molecule has 2 bridgehead atoms. The lowest BCUT2D eigenvalue weighted by Crippen LogP contribution is -2.52. The van der Waals surface area contributed by atoms with Gasteiger partial charge in [0.05, 0.1) is 11.0 Å². The normalized spacial score (nSPS) is 27.1. The number of ether oxygens (including phenoxy) is 2. The molecule has 51 heavy (non-hydrogen) atoms. The molecule has 6 aliphatic rings. The van der Waals surface area contributed by atoms with Gasteiger partial charge in [0.1, 0.15) is 17.3 Å². The Labute approximate surface area is 301 Å². The third-order valence-corrected chi connectivity index (χ3v) is 12.1. The molecule has 2 aliphatic heterocycles. The lowest BCUT2D eigenvalue weighted by atomic mass is 9.44. The van der Waals surface area contributed by atoms with Gasteiger partial charge < -0.3 is 19.9 Å². The fourth-order valence-corrected chi connectivity index (χ4v) is 10.0. The highest BCUT2D eigenvalue weighted by molar-refractivity contribution is 6.07. The molecule has 1 saturated carbocycles. The lowest BCUT2D eigenvalue weighted by Gasteiger charge is -2.56. The first-order chi connectivity index (χ1) is 24.9. The van der Waals surface area contributed by atoms with Gasteiger partial charge in [-0.1, -0.05) is 74.9 Å². The van der Waals surface area contributed by atoms with Crippen LogP contribution in [0.1, 0.15) is 75.5 Å². The van der Waals surface area contributed by atoms with E-state index in [2.05, 4.69) is 79.8 Å². The molecule has 9 rings (SSSR count). The van der Waals surface area contributed by atoms with E-state index < -0.39 is 5.41 Å². The summed E-state index contributed by atoms with van der Waals surface area (Å²) in [6.07, 6.45) is 11.1. The molecule has 5 atom stereocenters. The van der Waals surface area contributed by atoms with Gasteiger partial charge in [-0.3, -0.25) is 0 Å². The summed E-state index contributed by atoms with van der Waals surface area (Å²) >= 11 is 0. The second-order valence-electron chi connectivity index (χ2n) is 15.0. The summed E-state index contributed by atoms with van der Waals surface area (Å²) in [4.78, 5) is 28.6. The highest BCUT2D eigenvalue weighted by atomic mass is 16.5. The van der Waals surface area contributed by atoms with Crippen molar-refractivity contribution >= 4 is 17.5 Å². The van der Waals surface area contributed by atoms with Crippen LogP contribution >= 0.6 is 0 Å². The molecular weight excluding hydrogens is 634 g/mol. The molecule has 1 spiro atoms. The largest absolute Gasteiger partial charge is 0.508 e.